The quantitative estimate of drug-likeness (QED) is 0.744. The molecule has 0 bridgehead atoms. The standard InChI is InChI=1S/C10H16N4O3/c1-3-7(4-2)11-9(15)6-14-5-8(10(16)17)12-13-14/h5,7H,3-4,6H2,1-2H3,(H,11,15)(H,16,17). The average Bonchev–Trinajstić information content (AvgIpc) is 2.74. The Morgan fingerprint density at radius 2 is 2.12 bits per heavy atom. The van der Waals surface area contributed by atoms with Crippen LogP contribution in [0.25, 0.3) is 0 Å². The van der Waals surface area contributed by atoms with E-state index in [1.165, 1.54) is 10.9 Å². The topological polar surface area (TPSA) is 97.1 Å². The van der Waals surface area contributed by atoms with Crippen molar-refractivity contribution in [2.24, 2.45) is 0 Å². The molecule has 0 spiro atoms. The van der Waals surface area contributed by atoms with Gasteiger partial charge in [0, 0.05) is 6.04 Å². The van der Waals surface area contributed by atoms with Gasteiger partial charge in [-0.25, -0.2) is 9.48 Å². The van der Waals surface area contributed by atoms with Gasteiger partial charge >= 0.3 is 5.97 Å². The summed E-state index contributed by atoms with van der Waals surface area (Å²) in [7, 11) is 0. The third-order valence-corrected chi connectivity index (χ3v) is 2.41. The summed E-state index contributed by atoms with van der Waals surface area (Å²) in [5.74, 6) is -1.35. The fraction of sp³-hybridized carbons (Fsp3) is 0.600. The number of nitrogens with zero attached hydrogens (tertiary/aromatic N) is 3. The normalized spacial score (nSPS) is 10.5. The molecule has 7 nitrogen and oxygen atoms in total. The number of hydrogen-bond acceptors (Lipinski definition) is 4. The van der Waals surface area contributed by atoms with Gasteiger partial charge in [0.2, 0.25) is 5.91 Å². The number of amides is 1. The van der Waals surface area contributed by atoms with Crippen molar-refractivity contribution in [1.82, 2.24) is 20.3 Å². The van der Waals surface area contributed by atoms with E-state index in [1.54, 1.807) is 0 Å². The monoisotopic (exact) mass is 240 g/mol. The lowest BCUT2D eigenvalue weighted by Gasteiger charge is -2.14. The van der Waals surface area contributed by atoms with Gasteiger partial charge < -0.3 is 10.4 Å². The third kappa shape index (κ3) is 3.86. The molecule has 1 amide bonds. The maximum atomic E-state index is 11.6. The van der Waals surface area contributed by atoms with Crippen LogP contribution in [0.3, 0.4) is 0 Å². The average molecular weight is 240 g/mol. The van der Waals surface area contributed by atoms with Crippen molar-refractivity contribution in [3.8, 4) is 0 Å². The molecule has 94 valence electrons. The molecule has 0 saturated carbocycles. The number of carbonyl (C=O) groups is 2. The molecule has 17 heavy (non-hydrogen) atoms. The van der Waals surface area contributed by atoms with Crippen LogP contribution in [0.4, 0.5) is 0 Å². The molecule has 1 heterocycles. The second kappa shape index (κ2) is 5.97. The summed E-state index contributed by atoms with van der Waals surface area (Å²) >= 11 is 0. The minimum Gasteiger partial charge on any atom is -0.476 e. The lowest BCUT2D eigenvalue weighted by molar-refractivity contribution is -0.122. The van der Waals surface area contributed by atoms with E-state index in [1.807, 2.05) is 13.8 Å². The third-order valence-electron chi connectivity index (χ3n) is 2.41. The van der Waals surface area contributed by atoms with E-state index in [2.05, 4.69) is 15.6 Å². The molecule has 0 fully saturated rings. The molecule has 7 heteroatoms. The molecule has 1 rings (SSSR count). The molecule has 2 N–H and O–H groups in total. The zero-order valence-corrected chi connectivity index (χ0v) is 9.88. The van der Waals surface area contributed by atoms with E-state index in [4.69, 9.17) is 5.11 Å². The maximum absolute atomic E-state index is 11.6. The molecule has 0 radical (unpaired) electrons. The van der Waals surface area contributed by atoms with Crippen LogP contribution in [0.1, 0.15) is 37.2 Å². The zero-order valence-electron chi connectivity index (χ0n) is 9.88. The largest absolute Gasteiger partial charge is 0.476 e. The van der Waals surface area contributed by atoms with Gasteiger partial charge in [-0.05, 0) is 12.8 Å². The molecule has 1 aromatic heterocycles. The van der Waals surface area contributed by atoms with E-state index in [0.29, 0.717) is 0 Å². The lowest BCUT2D eigenvalue weighted by Crippen LogP contribution is -2.36. The van der Waals surface area contributed by atoms with Gasteiger partial charge in [0.05, 0.1) is 6.20 Å². The Morgan fingerprint density at radius 1 is 1.47 bits per heavy atom. The summed E-state index contributed by atoms with van der Waals surface area (Å²) in [5, 5.41) is 18.4. The van der Waals surface area contributed by atoms with Crippen molar-refractivity contribution in [1.29, 1.82) is 0 Å². The fourth-order valence-corrected chi connectivity index (χ4v) is 1.39. The number of aromatic carboxylic acids is 1. The lowest BCUT2D eigenvalue weighted by atomic mass is 10.2. The summed E-state index contributed by atoms with van der Waals surface area (Å²) in [6.07, 6.45) is 2.95. The highest BCUT2D eigenvalue weighted by atomic mass is 16.4. The van der Waals surface area contributed by atoms with E-state index >= 15 is 0 Å². The molecule has 0 aliphatic carbocycles. The smallest absolute Gasteiger partial charge is 0.358 e. The molecule has 0 aromatic carbocycles. The first kappa shape index (κ1) is 13.1. The molecular weight excluding hydrogens is 224 g/mol. The summed E-state index contributed by atoms with van der Waals surface area (Å²) in [5.41, 5.74) is -0.166. The summed E-state index contributed by atoms with van der Waals surface area (Å²) in [6, 6.07) is 0.143. The van der Waals surface area contributed by atoms with Gasteiger partial charge in [0.1, 0.15) is 6.54 Å². The number of hydrogen-bond donors (Lipinski definition) is 2. The Morgan fingerprint density at radius 3 is 2.59 bits per heavy atom. The molecule has 0 atom stereocenters. The SMILES string of the molecule is CCC(CC)NC(=O)Cn1cc(C(=O)O)nn1. The first-order valence-corrected chi connectivity index (χ1v) is 5.49. The van der Waals surface area contributed by atoms with Gasteiger partial charge in [-0.3, -0.25) is 4.79 Å². The van der Waals surface area contributed by atoms with Crippen LogP contribution in [-0.4, -0.2) is 38.0 Å². The Balaban J connectivity index is 2.52. The number of carbonyl (C=O) groups excluding carboxylic acids is 1. The predicted octanol–water partition coefficient (Wildman–Crippen LogP) is 0.281. The van der Waals surface area contributed by atoms with Gasteiger partial charge in [0.25, 0.3) is 0 Å². The number of carboxylic acid groups (broad SMARTS) is 1. The fourth-order valence-electron chi connectivity index (χ4n) is 1.39. The minimum atomic E-state index is -1.16. The van der Waals surface area contributed by atoms with Crippen molar-refractivity contribution in [2.75, 3.05) is 0 Å². The van der Waals surface area contributed by atoms with E-state index in [-0.39, 0.29) is 24.2 Å². The van der Waals surface area contributed by atoms with Crippen LogP contribution < -0.4 is 5.32 Å². The molecule has 1 aromatic rings. The Labute approximate surface area is 98.8 Å². The van der Waals surface area contributed by atoms with Gasteiger partial charge in [-0.1, -0.05) is 19.1 Å². The predicted molar refractivity (Wildman–Crippen MR) is 59.5 cm³/mol. The highest BCUT2D eigenvalue weighted by Crippen LogP contribution is 1.97. The molecule has 0 saturated heterocycles. The van der Waals surface area contributed by atoms with Crippen molar-refractivity contribution < 1.29 is 14.7 Å². The van der Waals surface area contributed by atoms with Crippen LogP contribution >= 0.6 is 0 Å². The Bertz CT molecular complexity index is 398. The van der Waals surface area contributed by atoms with Gasteiger partial charge in [0.15, 0.2) is 5.69 Å². The van der Waals surface area contributed by atoms with Gasteiger partial charge in [-0.15, -0.1) is 5.10 Å². The summed E-state index contributed by atoms with van der Waals surface area (Å²) in [6.45, 7) is 3.97. The van der Waals surface area contributed by atoms with Crippen LogP contribution in [0.5, 0.6) is 0 Å². The Kier molecular flexibility index (Phi) is 4.62. The highest BCUT2D eigenvalue weighted by Gasteiger charge is 2.12. The van der Waals surface area contributed by atoms with E-state index < -0.39 is 5.97 Å². The van der Waals surface area contributed by atoms with Crippen LogP contribution in [0, 0.1) is 0 Å². The highest BCUT2D eigenvalue weighted by molar-refractivity contribution is 5.84. The van der Waals surface area contributed by atoms with Crippen LogP contribution in [0.15, 0.2) is 6.20 Å². The molecular formula is C10H16N4O3. The molecule has 0 aliphatic rings. The molecule has 0 unspecified atom stereocenters. The van der Waals surface area contributed by atoms with Crippen molar-refractivity contribution >= 4 is 11.9 Å². The second-order valence-corrected chi connectivity index (χ2v) is 3.69. The first-order chi connectivity index (χ1) is 8.06. The van der Waals surface area contributed by atoms with Crippen LogP contribution in [-0.2, 0) is 11.3 Å². The van der Waals surface area contributed by atoms with Crippen LogP contribution in [0.2, 0.25) is 0 Å². The summed E-state index contributed by atoms with van der Waals surface area (Å²) < 4.78 is 1.21. The molecule has 0 aliphatic heterocycles. The van der Waals surface area contributed by atoms with Crippen molar-refractivity contribution in [2.45, 2.75) is 39.3 Å². The summed E-state index contributed by atoms with van der Waals surface area (Å²) in [4.78, 5) is 22.1. The van der Waals surface area contributed by atoms with Gasteiger partial charge in [-0.2, -0.15) is 0 Å². The van der Waals surface area contributed by atoms with E-state index in [9.17, 15) is 9.59 Å². The number of aromatic nitrogens is 3. The number of rotatable bonds is 6. The maximum Gasteiger partial charge on any atom is 0.358 e. The number of nitrogens with one attached hydrogen (secondary N) is 1. The minimum absolute atomic E-state index is 0.0171. The number of carboxylic acids is 1. The van der Waals surface area contributed by atoms with Crippen molar-refractivity contribution in [3.05, 3.63) is 11.9 Å². The first-order valence-electron chi connectivity index (χ1n) is 5.49. The zero-order chi connectivity index (χ0) is 12.8. The van der Waals surface area contributed by atoms with E-state index in [0.717, 1.165) is 12.8 Å². The Hall–Kier alpha value is -1.92. The second-order valence-electron chi connectivity index (χ2n) is 3.69. The van der Waals surface area contributed by atoms with Crippen molar-refractivity contribution in [3.63, 3.8) is 0 Å².